The van der Waals surface area contributed by atoms with E-state index in [1.807, 2.05) is 31.2 Å². The van der Waals surface area contributed by atoms with Gasteiger partial charge in [0.2, 0.25) is 0 Å². The SMILES string of the molecule is CCOc1ccc(C(c2c(CC=O)c(Cl)nc3ccnn23)C(C)(C)OC(N)=O)cc1. The number of hydrogen-bond acceptors (Lipinski definition) is 6. The summed E-state index contributed by atoms with van der Waals surface area (Å²) in [5, 5.41) is 4.56. The van der Waals surface area contributed by atoms with Crippen LogP contribution in [0.4, 0.5) is 4.79 Å². The van der Waals surface area contributed by atoms with Crippen LogP contribution in [0.3, 0.4) is 0 Å². The van der Waals surface area contributed by atoms with Crippen molar-refractivity contribution in [3.63, 3.8) is 0 Å². The zero-order chi connectivity index (χ0) is 21.9. The lowest BCUT2D eigenvalue weighted by atomic mass is 9.80. The van der Waals surface area contributed by atoms with Gasteiger partial charge in [0, 0.05) is 18.1 Å². The lowest BCUT2D eigenvalue weighted by Gasteiger charge is -2.35. The van der Waals surface area contributed by atoms with Gasteiger partial charge >= 0.3 is 6.09 Å². The number of amides is 1. The van der Waals surface area contributed by atoms with Crippen LogP contribution in [0.5, 0.6) is 5.75 Å². The van der Waals surface area contributed by atoms with Gasteiger partial charge in [-0.15, -0.1) is 0 Å². The van der Waals surface area contributed by atoms with Crippen LogP contribution >= 0.6 is 11.6 Å². The van der Waals surface area contributed by atoms with Gasteiger partial charge in [-0.3, -0.25) is 0 Å². The molecule has 1 unspecified atom stereocenters. The monoisotopic (exact) mass is 430 g/mol. The number of carbonyl (C=O) groups is 2. The van der Waals surface area contributed by atoms with E-state index >= 15 is 0 Å². The van der Waals surface area contributed by atoms with Crippen molar-refractivity contribution >= 4 is 29.6 Å². The van der Waals surface area contributed by atoms with Crippen molar-refractivity contribution in [1.29, 1.82) is 0 Å². The largest absolute Gasteiger partial charge is 0.494 e. The van der Waals surface area contributed by atoms with E-state index in [1.54, 1.807) is 30.6 Å². The molecule has 0 aliphatic heterocycles. The lowest BCUT2D eigenvalue weighted by molar-refractivity contribution is -0.107. The number of aldehydes is 1. The van der Waals surface area contributed by atoms with E-state index in [0.29, 0.717) is 29.3 Å². The molecule has 158 valence electrons. The van der Waals surface area contributed by atoms with Crippen molar-refractivity contribution in [3.8, 4) is 5.75 Å². The number of benzene rings is 1. The minimum absolute atomic E-state index is 0.0249. The van der Waals surface area contributed by atoms with Gasteiger partial charge in [-0.05, 0) is 38.5 Å². The molecule has 2 N–H and O–H groups in total. The van der Waals surface area contributed by atoms with Crippen LogP contribution in [0.25, 0.3) is 5.65 Å². The first-order chi connectivity index (χ1) is 14.3. The third kappa shape index (κ3) is 4.23. The molecule has 1 aromatic carbocycles. The second kappa shape index (κ2) is 8.71. The molecule has 2 heterocycles. The maximum atomic E-state index is 11.7. The molecule has 8 nitrogen and oxygen atoms in total. The number of nitrogens with two attached hydrogens (primary N) is 1. The maximum Gasteiger partial charge on any atom is 0.405 e. The topological polar surface area (TPSA) is 109 Å². The van der Waals surface area contributed by atoms with Crippen molar-refractivity contribution in [2.24, 2.45) is 5.73 Å². The summed E-state index contributed by atoms with van der Waals surface area (Å²) in [5.74, 6) is 0.150. The number of nitrogens with zero attached hydrogens (tertiary/aromatic N) is 3. The minimum Gasteiger partial charge on any atom is -0.494 e. The predicted octanol–water partition coefficient (Wildman–Crippen LogP) is 3.53. The standard InChI is InChI=1S/C21H23ClN4O4/c1-4-29-14-7-5-13(6-8-14)17(21(2,3)30-20(23)28)18-15(10-12-27)19(22)25-16-9-11-24-26(16)18/h5-9,11-12,17H,4,10H2,1-3H3,(H2,23,28). The molecule has 0 fully saturated rings. The highest BCUT2D eigenvalue weighted by molar-refractivity contribution is 6.30. The summed E-state index contributed by atoms with van der Waals surface area (Å²) in [7, 11) is 0. The van der Waals surface area contributed by atoms with Crippen molar-refractivity contribution < 1.29 is 19.1 Å². The van der Waals surface area contributed by atoms with E-state index in [4.69, 9.17) is 26.8 Å². The second-order valence-corrected chi connectivity index (χ2v) is 7.56. The van der Waals surface area contributed by atoms with E-state index in [2.05, 4.69) is 10.1 Å². The number of primary amides is 1. The first kappa shape index (κ1) is 21.6. The molecule has 0 spiro atoms. The van der Waals surface area contributed by atoms with Crippen LogP contribution < -0.4 is 10.5 Å². The molecule has 2 aromatic heterocycles. The fourth-order valence-electron chi connectivity index (χ4n) is 3.67. The second-order valence-electron chi connectivity index (χ2n) is 7.20. The number of aromatic nitrogens is 3. The summed E-state index contributed by atoms with van der Waals surface area (Å²) in [4.78, 5) is 27.4. The Balaban J connectivity index is 2.30. The molecule has 9 heteroatoms. The zero-order valence-corrected chi connectivity index (χ0v) is 17.7. The van der Waals surface area contributed by atoms with Gasteiger partial charge in [0.05, 0.1) is 24.4 Å². The molecule has 0 saturated heterocycles. The molecule has 30 heavy (non-hydrogen) atoms. The normalized spacial score (nSPS) is 12.5. The lowest BCUT2D eigenvalue weighted by Crippen LogP contribution is -2.39. The predicted molar refractivity (Wildman–Crippen MR) is 112 cm³/mol. The average Bonchev–Trinajstić information content (AvgIpc) is 3.12. The van der Waals surface area contributed by atoms with Gasteiger partial charge in [0.1, 0.15) is 22.8 Å². The number of rotatable bonds is 8. The molecular formula is C21H23ClN4O4. The number of halogens is 1. The molecule has 0 bridgehead atoms. The summed E-state index contributed by atoms with van der Waals surface area (Å²) in [6.07, 6.45) is 1.45. The molecule has 1 atom stereocenters. The summed E-state index contributed by atoms with van der Waals surface area (Å²) < 4.78 is 12.6. The molecule has 0 radical (unpaired) electrons. The van der Waals surface area contributed by atoms with E-state index in [1.165, 1.54) is 0 Å². The Hall–Kier alpha value is -3.13. The maximum absolute atomic E-state index is 11.7. The van der Waals surface area contributed by atoms with Gasteiger partial charge in [0.25, 0.3) is 0 Å². The van der Waals surface area contributed by atoms with Crippen LogP contribution in [0, 0.1) is 0 Å². The number of ether oxygens (including phenoxy) is 2. The summed E-state index contributed by atoms with van der Waals surface area (Å²) in [6, 6.07) is 9.10. The molecule has 0 saturated carbocycles. The molecule has 1 amide bonds. The van der Waals surface area contributed by atoms with Crippen LogP contribution in [-0.4, -0.2) is 39.2 Å². The van der Waals surface area contributed by atoms with E-state index < -0.39 is 17.6 Å². The fraction of sp³-hybridized carbons (Fsp3) is 0.333. The third-order valence-corrected chi connectivity index (χ3v) is 5.08. The zero-order valence-electron chi connectivity index (χ0n) is 17.0. The molecule has 0 aliphatic rings. The average molecular weight is 431 g/mol. The van der Waals surface area contributed by atoms with Gasteiger partial charge < -0.3 is 20.0 Å². The Kier molecular flexibility index (Phi) is 6.26. The van der Waals surface area contributed by atoms with Gasteiger partial charge in [-0.2, -0.15) is 5.10 Å². The Labute approximate surface area is 178 Å². The Morgan fingerprint density at radius 3 is 2.60 bits per heavy atom. The quantitative estimate of drug-likeness (QED) is 0.432. The van der Waals surface area contributed by atoms with Gasteiger partial charge in [0.15, 0.2) is 5.65 Å². The summed E-state index contributed by atoms with van der Waals surface area (Å²) in [6.45, 7) is 5.93. The molecule has 3 rings (SSSR count). The Morgan fingerprint density at radius 2 is 2.00 bits per heavy atom. The third-order valence-electron chi connectivity index (χ3n) is 4.77. The molecule has 3 aromatic rings. The van der Waals surface area contributed by atoms with Crippen LogP contribution in [0.15, 0.2) is 36.5 Å². The van der Waals surface area contributed by atoms with Crippen molar-refractivity contribution in [3.05, 3.63) is 58.5 Å². The number of hydrogen-bond donors (Lipinski definition) is 1. The van der Waals surface area contributed by atoms with E-state index in [9.17, 15) is 9.59 Å². The van der Waals surface area contributed by atoms with Crippen molar-refractivity contribution in [1.82, 2.24) is 14.6 Å². The van der Waals surface area contributed by atoms with Crippen LogP contribution in [-0.2, 0) is 16.0 Å². The Bertz CT molecular complexity index is 1060. The highest BCUT2D eigenvalue weighted by Gasteiger charge is 2.39. The van der Waals surface area contributed by atoms with Crippen molar-refractivity contribution in [2.75, 3.05) is 6.61 Å². The van der Waals surface area contributed by atoms with Gasteiger partial charge in [-0.25, -0.2) is 14.3 Å². The van der Waals surface area contributed by atoms with Crippen LogP contribution in [0.2, 0.25) is 5.15 Å². The highest BCUT2D eigenvalue weighted by atomic mass is 35.5. The summed E-state index contributed by atoms with van der Waals surface area (Å²) >= 11 is 6.43. The smallest absolute Gasteiger partial charge is 0.405 e. The molecule has 0 aliphatic carbocycles. The van der Waals surface area contributed by atoms with Crippen LogP contribution in [0.1, 0.15) is 43.5 Å². The first-order valence-electron chi connectivity index (χ1n) is 9.45. The summed E-state index contributed by atoms with van der Waals surface area (Å²) in [5.41, 5.74) is 6.67. The van der Waals surface area contributed by atoms with Crippen molar-refractivity contribution in [2.45, 2.75) is 38.7 Å². The van der Waals surface area contributed by atoms with Gasteiger partial charge in [-0.1, -0.05) is 23.7 Å². The fourth-order valence-corrected chi connectivity index (χ4v) is 3.93. The molecular weight excluding hydrogens is 408 g/mol. The highest BCUT2D eigenvalue weighted by Crippen LogP contribution is 2.40. The van der Waals surface area contributed by atoms with E-state index in [0.717, 1.165) is 11.8 Å². The Morgan fingerprint density at radius 1 is 1.30 bits per heavy atom. The first-order valence-corrected chi connectivity index (χ1v) is 9.83. The number of fused-ring (bicyclic) bond motifs is 1. The minimum atomic E-state index is -1.10. The number of carbonyl (C=O) groups excluding carboxylic acids is 2. The van der Waals surface area contributed by atoms with E-state index in [-0.39, 0.29) is 11.6 Å².